The van der Waals surface area contributed by atoms with Gasteiger partial charge in [-0.25, -0.2) is 0 Å². The van der Waals surface area contributed by atoms with Crippen molar-refractivity contribution in [1.29, 1.82) is 0 Å². The van der Waals surface area contributed by atoms with Crippen molar-refractivity contribution < 1.29 is 55.8 Å². The third-order valence-corrected chi connectivity index (χ3v) is 16.0. The Labute approximate surface area is 332 Å². The Morgan fingerprint density at radius 3 is 2.30 bits per heavy atom. The first kappa shape index (κ1) is 44.2. The highest BCUT2D eigenvalue weighted by molar-refractivity contribution is 6.74. The SMILES string of the molecule is CCCCNCC(=O)Nc1cc(OC(F)(F)F)c2c(c1OCCCC)C(O)=C1C(=O)[C@]3(O[Si](C)(C)C(C)(C)C)C(=O)c4c(OCCCC)noc4[C@@H](N)[C@@H]3C[C@@H]1C2. The number of hydrogen-bond donors (Lipinski definition) is 4. The summed E-state index contributed by atoms with van der Waals surface area (Å²) in [5.41, 5.74) is 3.78. The quantitative estimate of drug-likeness (QED) is 0.0687. The second-order valence-corrected chi connectivity index (χ2v) is 21.4. The van der Waals surface area contributed by atoms with Gasteiger partial charge in [0.2, 0.25) is 17.5 Å². The zero-order valence-corrected chi connectivity index (χ0v) is 35.2. The van der Waals surface area contributed by atoms with Crippen molar-refractivity contribution in [3.05, 3.63) is 34.1 Å². The van der Waals surface area contributed by atoms with Gasteiger partial charge in [0, 0.05) is 23.1 Å². The molecule has 1 aromatic carbocycles. The number of unbranched alkanes of at least 4 members (excludes halogenated alkanes) is 3. The van der Waals surface area contributed by atoms with Crippen molar-refractivity contribution in [1.82, 2.24) is 10.5 Å². The van der Waals surface area contributed by atoms with Crippen LogP contribution in [0.5, 0.6) is 17.4 Å². The number of benzene rings is 1. The van der Waals surface area contributed by atoms with Crippen LogP contribution in [0, 0.1) is 11.8 Å². The first-order valence-corrected chi connectivity index (χ1v) is 22.8. The van der Waals surface area contributed by atoms with Gasteiger partial charge in [-0.2, -0.15) is 0 Å². The highest BCUT2D eigenvalue weighted by Crippen LogP contribution is 2.59. The number of ether oxygens (including phenoxy) is 3. The fourth-order valence-corrected chi connectivity index (χ4v) is 8.97. The van der Waals surface area contributed by atoms with Gasteiger partial charge in [-0.1, -0.05) is 60.8 Å². The minimum atomic E-state index is -5.16. The fourth-order valence-electron chi connectivity index (χ4n) is 7.52. The normalized spacial score (nSPS) is 22.1. The summed E-state index contributed by atoms with van der Waals surface area (Å²) < 4.78 is 71.4. The Morgan fingerprint density at radius 2 is 1.68 bits per heavy atom. The Kier molecular flexibility index (Phi) is 13.3. The van der Waals surface area contributed by atoms with Gasteiger partial charge in [0.15, 0.2) is 25.4 Å². The monoisotopic (exact) mass is 822 g/mol. The number of nitrogens with zero attached hydrogens (tertiary/aromatic N) is 1. The number of alkyl halides is 3. The summed E-state index contributed by atoms with van der Waals surface area (Å²) in [5.74, 6) is -5.83. The van der Waals surface area contributed by atoms with Gasteiger partial charge in [0.1, 0.15) is 17.1 Å². The number of Topliss-reactive ketones (excluding diaryl/α,β-unsaturated/α-hetero) is 2. The lowest BCUT2D eigenvalue weighted by Crippen LogP contribution is -2.68. The Hall–Kier alpha value is -3.93. The van der Waals surface area contributed by atoms with Gasteiger partial charge in [-0.3, -0.25) is 14.4 Å². The molecule has 1 heterocycles. The van der Waals surface area contributed by atoms with Gasteiger partial charge in [-0.15, -0.1) is 13.2 Å². The standard InChI is InChI=1S/C40H57F3N4O9Si/c1-9-12-15-45-21-27(48)46-25-20-26(54-40(41,42)43)23-18-22-19-24-31(44)34-30(37(47-55-34)53-17-14-11-3)36(51)39(24,56-57(7,8)38(4,5)6)35(50)28(22)32(49)29(23)33(25)52-16-13-10-2/h20,22,24,31,45,49H,9-19,21,44H2,1-8H3,(H,46,48)/t22-,24-,31-,39-/m0/s1. The number of aliphatic hydroxyl groups is 1. The number of aromatic nitrogens is 1. The molecule has 17 heteroatoms. The average molecular weight is 823 g/mol. The number of nitrogens with one attached hydrogen (secondary N) is 2. The number of carbonyl (C=O) groups excluding carboxylic acids is 3. The van der Waals surface area contributed by atoms with Crippen LogP contribution in [0.1, 0.15) is 120 Å². The molecule has 0 spiro atoms. The number of hydrogen-bond acceptors (Lipinski definition) is 12. The van der Waals surface area contributed by atoms with Crippen LogP contribution in [0.25, 0.3) is 5.76 Å². The number of amides is 1. The van der Waals surface area contributed by atoms with Crippen LogP contribution in [0.3, 0.4) is 0 Å². The van der Waals surface area contributed by atoms with Crippen LogP contribution in [-0.2, 0) is 20.4 Å². The van der Waals surface area contributed by atoms with E-state index in [0.717, 1.165) is 25.3 Å². The van der Waals surface area contributed by atoms with E-state index in [-0.39, 0.29) is 77.9 Å². The zero-order chi connectivity index (χ0) is 42.1. The Morgan fingerprint density at radius 1 is 1.04 bits per heavy atom. The van der Waals surface area contributed by atoms with Crippen LogP contribution >= 0.6 is 0 Å². The van der Waals surface area contributed by atoms with Crippen molar-refractivity contribution >= 4 is 37.2 Å². The second kappa shape index (κ2) is 17.1. The lowest BCUT2D eigenvalue weighted by Gasteiger charge is -2.53. The average Bonchev–Trinajstić information content (AvgIpc) is 3.54. The molecule has 1 saturated carbocycles. The van der Waals surface area contributed by atoms with Crippen LogP contribution in [0.4, 0.5) is 18.9 Å². The lowest BCUT2D eigenvalue weighted by atomic mass is 9.57. The molecule has 1 aromatic heterocycles. The maximum atomic E-state index is 15.5. The summed E-state index contributed by atoms with van der Waals surface area (Å²) in [6.07, 6.45) is -1.09. The molecule has 57 heavy (non-hydrogen) atoms. The molecule has 316 valence electrons. The molecule has 3 aliphatic carbocycles. The molecule has 3 aliphatic rings. The number of halogens is 3. The van der Waals surface area contributed by atoms with Crippen molar-refractivity contribution in [2.24, 2.45) is 17.6 Å². The van der Waals surface area contributed by atoms with Gasteiger partial charge < -0.3 is 44.6 Å². The largest absolute Gasteiger partial charge is 0.573 e. The first-order chi connectivity index (χ1) is 26.7. The third kappa shape index (κ3) is 8.62. The molecule has 2 aromatic rings. The number of rotatable bonds is 17. The summed E-state index contributed by atoms with van der Waals surface area (Å²) in [4.78, 5) is 43.8. The van der Waals surface area contributed by atoms with Crippen LogP contribution in [-0.4, -0.2) is 74.3 Å². The van der Waals surface area contributed by atoms with E-state index in [2.05, 4.69) is 20.5 Å². The predicted octanol–water partition coefficient (Wildman–Crippen LogP) is 7.95. The number of ketones is 2. The summed E-state index contributed by atoms with van der Waals surface area (Å²) >= 11 is 0. The van der Waals surface area contributed by atoms with E-state index in [1.54, 1.807) is 0 Å². The molecule has 0 bridgehead atoms. The molecule has 0 aliphatic heterocycles. The summed E-state index contributed by atoms with van der Waals surface area (Å²) in [6, 6.07) is -0.0860. The maximum absolute atomic E-state index is 15.5. The van der Waals surface area contributed by atoms with E-state index < -0.39 is 72.2 Å². The molecule has 1 fully saturated rings. The van der Waals surface area contributed by atoms with Crippen LogP contribution in [0.15, 0.2) is 16.2 Å². The summed E-state index contributed by atoms with van der Waals surface area (Å²) in [5, 5.41) is 21.5. The number of aliphatic hydroxyl groups excluding tert-OH is 1. The Balaban J connectivity index is 1.75. The van der Waals surface area contributed by atoms with Gasteiger partial charge >= 0.3 is 6.36 Å². The molecule has 13 nitrogen and oxygen atoms in total. The first-order valence-electron chi connectivity index (χ1n) is 19.9. The van der Waals surface area contributed by atoms with Gasteiger partial charge in [0.05, 0.1) is 37.1 Å². The van der Waals surface area contributed by atoms with Gasteiger partial charge in [0.25, 0.3) is 5.88 Å². The van der Waals surface area contributed by atoms with Gasteiger partial charge in [-0.05, 0) is 67.9 Å². The minimum Gasteiger partial charge on any atom is -0.507 e. The molecule has 5 N–H and O–H groups in total. The minimum absolute atomic E-state index is 0.0175. The summed E-state index contributed by atoms with van der Waals surface area (Å²) in [6.45, 7) is 16.2. The smallest absolute Gasteiger partial charge is 0.507 e. The molecular formula is C40H57F3N4O9Si. The predicted molar refractivity (Wildman–Crippen MR) is 209 cm³/mol. The molecule has 5 rings (SSSR count). The molecule has 0 saturated heterocycles. The zero-order valence-electron chi connectivity index (χ0n) is 34.2. The summed E-state index contributed by atoms with van der Waals surface area (Å²) in [7, 11) is -3.05. The van der Waals surface area contributed by atoms with Crippen molar-refractivity contribution in [2.45, 2.75) is 129 Å². The van der Waals surface area contributed by atoms with Crippen LogP contribution in [0.2, 0.25) is 18.1 Å². The van der Waals surface area contributed by atoms with Crippen molar-refractivity contribution in [3.63, 3.8) is 0 Å². The second-order valence-electron chi connectivity index (χ2n) is 16.6. The van der Waals surface area contributed by atoms with E-state index in [1.165, 1.54) is 0 Å². The third-order valence-electron chi connectivity index (χ3n) is 11.5. The van der Waals surface area contributed by atoms with E-state index in [4.69, 9.17) is 24.2 Å². The number of nitrogens with two attached hydrogens (primary N) is 1. The van der Waals surface area contributed by atoms with Crippen molar-refractivity contribution in [2.75, 3.05) is 31.6 Å². The van der Waals surface area contributed by atoms with E-state index in [1.807, 2.05) is 54.6 Å². The molecule has 0 radical (unpaired) electrons. The highest BCUT2D eigenvalue weighted by atomic mass is 28.4. The molecule has 4 atom stereocenters. The molecular weight excluding hydrogens is 766 g/mol. The number of carbonyl (C=O) groups is 3. The van der Waals surface area contributed by atoms with Crippen molar-refractivity contribution in [3.8, 4) is 17.4 Å². The molecule has 1 amide bonds. The highest BCUT2D eigenvalue weighted by Gasteiger charge is 2.68. The van der Waals surface area contributed by atoms with E-state index >= 15 is 9.59 Å². The fraction of sp³-hybridized carbons (Fsp3) is 0.650. The maximum Gasteiger partial charge on any atom is 0.573 e. The van der Waals surface area contributed by atoms with E-state index in [0.29, 0.717) is 25.8 Å². The molecule has 0 unspecified atom stereocenters. The van der Waals surface area contributed by atoms with Crippen LogP contribution < -0.4 is 30.6 Å². The van der Waals surface area contributed by atoms with E-state index in [9.17, 15) is 23.1 Å². The lowest BCUT2D eigenvalue weighted by molar-refractivity contribution is -0.275. The number of anilines is 1. The number of fused-ring (bicyclic) bond motifs is 4. The Bertz CT molecular complexity index is 1870. The topological polar surface area (TPSA) is 184 Å².